The monoisotopic (exact) mass is 287 g/mol. The van der Waals surface area contributed by atoms with Gasteiger partial charge >= 0.3 is 0 Å². The number of ether oxygens (including phenoxy) is 1. The van der Waals surface area contributed by atoms with Gasteiger partial charge < -0.3 is 10.1 Å². The van der Waals surface area contributed by atoms with Gasteiger partial charge in [-0.1, -0.05) is 37.0 Å². The first kappa shape index (κ1) is 14.0. The highest BCUT2D eigenvalue weighted by Gasteiger charge is 2.25. The van der Waals surface area contributed by atoms with Crippen molar-refractivity contribution in [3.8, 4) is 0 Å². The van der Waals surface area contributed by atoms with E-state index in [9.17, 15) is 0 Å². The molecule has 2 nitrogen and oxygen atoms in total. The van der Waals surface area contributed by atoms with Crippen molar-refractivity contribution in [1.29, 1.82) is 0 Å². The number of nitrogens with one attached hydrogen (secondary N) is 1. The summed E-state index contributed by atoms with van der Waals surface area (Å²) in [5, 5.41) is 4.90. The molecule has 2 rings (SSSR count). The third-order valence-electron chi connectivity index (χ3n) is 3.35. The van der Waals surface area contributed by atoms with Gasteiger partial charge in [0.1, 0.15) is 0 Å². The Hall–Kier alpha value is -0.440. The van der Waals surface area contributed by atoms with Crippen molar-refractivity contribution in [3.05, 3.63) is 28.2 Å². The molecule has 1 aliphatic rings. The molecular formula is C14H19Cl2NO. The summed E-state index contributed by atoms with van der Waals surface area (Å²) in [6.45, 7) is 5.19. The van der Waals surface area contributed by atoms with Gasteiger partial charge in [0.2, 0.25) is 0 Å². The lowest BCUT2D eigenvalue weighted by atomic mass is 9.95. The minimum absolute atomic E-state index is 0.328. The van der Waals surface area contributed by atoms with Gasteiger partial charge in [-0.3, -0.25) is 0 Å². The molecule has 1 aromatic rings. The molecule has 18 heavy (non-hydrogen) atoms. The topological polar surface area (TPSA) is 21.3 Å². The second-order valence-electron chi connectivity index (χ2n) is 5.14. The standard InChI is InChI=1S/C14H19Cl2NO/c1-9(2)14-8-11(5-6-18-14)17-13-7-10(15)3-4-12(13)16/h3-4,7,9,11,14,17H,5-6,8H2,1-2H3. The average molecular weight is 288 g/mol. The fourth-order valence-corrected chi connectivity index (χ4v) is 2.60. The third kappa shape index (κ3) is 3.53. The number of hydrogen-bond acceptors (Lipinski definition) is 2. The number of hydrogen-bond donors (Lipinski definition) is 1. The van der Waals surface area contributed by atoms with E-state index in [0.29, 0.717) is 28.1 Å². The number of benzene rings is 1. The van der Waals surface area contributed by atoms with Crippen molar-refractivity contribution in [3.63, 3.8) is 0 Å². The molecule has 1 heterocycles. The van der Waals surface area contributed by atoms with E-state index in [2.05, 4.69) is 19.2 Å². The summed E-state index contributed by atoms with van der Waals surface area (Å²) >= 11 is 12.2. The largest absolute Gasteiger partial charge is 0.381 e. The lowest BCUT2D eigenvalue weighted by Crippen LogP contribution is -2.36. The molecule has 0 bridgehead atoms. The van der Waals surface area contributed by atoms with Crippen molar-refractivity contribution >= 4 is 28.9 Å². The van der Waals surface area contributed by atoms with Gasteiger partial charge in [-0.2, -0.15) is 0 Å². The van der Waals surface area contributed by atoms with Gasteiger partial charge in [-0.15, -0.1) is 0 Å². The first-order valence-corrected chi connectivity index (χ1v) is 7.15. The average Bonchev–Trinajstić information content (AvgIpc) is 2.34. The van der Waals surface area contributed by atoms with Crippen LogP contribution in [0.15, 0.2) is 18.2 Å². The maximum absolute atomic E-state index is 6.16. The van der Waals surface area contributed by atoms with E-state index in [1.165, 1.54) is 0 Å². The molecule has 1 aromatic carbocycles. The lowest BCUT2D eigenvalue weighted by molar-refractivity contribution is -0.0160. The Morgan fingerprint density at radius 2 is 2.11 bits per heavy atom. The number of anilines is 1. The zero-order valence-corrected chi connectivity index (χ0v) is 12.3. The molecular weight excluding hydrogens is 269 g/mol. The van der Waals surface area contributed by atoms with Crippen LogP contribution in [0.2, 0.25) is 10.0 Å². The van der Waals surface area contributed by atoms with Crippen LogP contribution in [-0.2, 0) is 4.74 Å². The normalized spacial score (nSPS) is 24.3. The zero-order valence-electron chi connectivity index (χ0n) is 10.7. The molecule has 1 saturated heterocycles. The Bertz CT molecular complexity index is 409. The van der Waals surface area contributed by atoms with Crippen LogP contribution in [0.3, 0.4) is 0 Å². The maximum atomic E-state index is 6.16. The predicted molar refractivity (Wildman–Crippen MR) is 77.7 cm³/mol. The SMILES string of the molecule is CC(C)C1CC(Nc2cc(Cl)ccc2Cl)CCO1. The van der Waals surface area contributed by atoms with Gasteiger partial charge in [0.25, 0.3) is 0 Å². The van der Waals surface area contributed by atoms with E-state index in [1.807, 2.05) is 12.1 Å². The Balaban J connectivity index is 2.02. The van der Waals surface area contributed by atoms with Crippen LogP contribution in [0.4, 0.5) is 5.69 Å². The van der Waals surface area contributed by atoms with Gasteiger partial charge in [0.05, 0.1) is 16.8 Å². The summed E-state index contributed by atoms with van der Waals surface area (Å²) < 4.78 is 5.76. The molecule has 0 amide bonds. The Labute approximate surface area is 119 Å². The summed E-state index contributed by atoms with van der Waals surface area (Å²) in [7, 11) is 0. The van der Waals surface area contributed by atoms with E-state index in [1.54, 1.807) is 6.07 Å². The molecule has 0 saturated carbocycles. The summed E-state index contributed by atoms with van der Waals surface area (Å²) in [6.07, 6.45) is 2.35. The smallest absolute Gasteiger partial charge is 0.0638 e. The first-order chi connectivity index (χ1) is 8.56. The molecule has 100 valence electrons. The van der Waals surface area contributed by atoms with Crippen LogP contribution < -0.4 is 5.32 Å². The van der Waals surface area contributed by atoms with Crippen molar-refractivity contribution < 1.29 is 4.74 Å². The maximum Gasteiger partial charge on any atom is 0.0638 e. The molecule has 0 aromatic heterocycles. The van der Waals surface area contributed by atoms with E-state index in [4.69, 9.17) is 27.9 Å². The minimum Gasteiger partial charge on any atom is -0.381 e. The predicted octanol–water partition coefficient (Wildman–Crippen LogP) is 4.61. The molecule has 2 unspecified atom stereocenters. The first-order valence-electron chi connectivity index (χ1n) is 6.39. The van der Waals surface area contributed by atoms with E-state index in [0.717, 1.165) is 25.1 Å². The Kier molecular flexibility index (Phi) is 4.77. The molecule has 1 fully saturated rings. The van der Waals surface area contributed by atoms with Gasteiger partial charge in [-0.25, -0.2) is 0 Å². The lowest BCUT2D eigenvalue weighted by Gasteiger charge is -2.33. The summed E-state index contributed by atoms with van der Waals surface area (Å²) in [5.74, 6) is 0.546. The molecule has 1 aliphatic heterocycles. The van der Waals surface area contributed by atoms with E-state index < -0.39 is 0 Å². The van der Waals surface area contributed by atoms with E-state index in [-0.39, 0.29) is 0 Å². The fourth-order valence-electron chi connectivity index (χ4n) is 2.25. The summed E-state index contributed by atoms with van der Waals surface area (Å²) in [4.78, 5) is 0. The van der Waals surface area contributed by atoms with E-state index >= 15 is 0 Å². The third-order valence-corrected chi connectivity index (χ3v) is 3.91. The van der Waals surface area contributed by atoms with Crippen LogP contribution in [-0.4, -0.2) is 18.8 Å². The highest BCUT2D eigenvalue weighted by atomic mass is 35.5. The Morgan fingerprint density at radius 1 is 1.33 bits per heavy atom. The molecule has 2 atom stereocenters. The van der Waals surface area contributed by atoms with Crippen molar-refractivity contribution in [1.82, 2.24) is 0 Å². The summed E-state index contributed by atoms with van der Waals surface area (Å²) in [6, 6.07) is 5.91. The minimum atomic E-state index is 0.328. The quantitative estimate of drug-likeness (QED) is 0.877. The second kappa shape index (κ2) is 6.14. The zero-order chi connectivity index (χ0) is 13.1. The fraction of sp³-hybridized carbons (Fsp3) is 0.571. The van der Waals surface area contributed by atoms with Crippen LogP contribution >= 0.6 is 23.2 Å². The molecule has 4 heteroatoms. The molecule has 1 N–H and O–H groups in total. The molecule has 0 radical (unpaired) electrons. The molecule has 0 spiro atoms. The van der Waals surface area contributed by atoms with Gasteiger partial charge in [0.15, 0.2) is 0 Å². The van der Waals surface area contributed by atoms with Crippen LogP contribution in [0.1, 0.15) is 26.7 Å². The van der Waals surface area contributed by atoms with Crippen molar-refractivity contribution in [2.24, 2.45) is 5.92 Å². The van der Waals surface area contributed by atoms with Crippen LogP contribution in [0, 0.1) is 5.92 Å². The van der Waals surface area contributed by atoms with Crippen molar-refractivity contribution in [2.45, 2.75) is 38.8 Å². The van der Waals surface area contributed by atoms with Crippen molar-refractivity contribution in [2.75, 3.05) is 11.9 Å². The Morgan fingerprint density at radius 3 is 2.83 bits per heavy atom. The van der Waals surface area contributed by atoms with Crippen LogP contribution in [0.5, 0.6) is 0 Å². The number of halogens is 2. The highest BCUT2D eigenvalue weighted by molar-refractivity contribution is 6.35. The summed E-state index contributed by atoms with van der Waals surface area (Å²) in [5.41, 5.74) is 0.915. The second-order valence-corrected chi connectivity index (χ2v) is 5.99. The highest BCUT2D eigenvalue weighted by Crippen LogP contribution is 2.29. The number of rotatable bonds is 3. The van der Waals surface area contributed by atoms with Gasteiger partial charge in [-0.05, 0) is 37.0 Å². The molecule has 0 aliphatic carbocycles. The van der Waals surface area contributed by atoms with Crippen LogP contribution in [0.25, 0.3) is 0 Å². The van der Waals surface area contributed by atoms with Gasteiger partial charge in [0, 0.05) is 17.7 Å².